The number of nitriles is 1. The summed E-state index contributed by atoms with van der Waals surface area (Å²) in [5.41, 5.74) is 1.20. The van der Waals surface area contributed by atoms with Crippen LogP contribution in [0.4, 0.5) is 0 Å². The maximum atomic E-state index is 10.1. The molecule has 0 saturated heterocycles. The molecule has 1 aliphatic rings. The number of nitrogens with one attached hydrogen (secondary N) is 1. The highest BCUT2D eigenvalue weighted by Gasteiger charge is 2.42. The van der Waals surface area contributed by atoms with Crippen LogP contribution in [0.5, 0.6) is 5.75 Å². The molecule has 4 nitrogen and oxygen atoms in total. The second-order valence-electron chi connectivity index (χ2n) is 8.40. The van der Waals surface area contributed by atoms with E-state index in [1.807, 2.05) is 18.2 Å². The van der Waals surface area contributed by atoms with E-state index < -0.39 is 0 Å². The van der Waals surface area contributed by atoms with Crippen molar-refractivity contribution in [2.45, 2.75) is 65.0 Å². The van der Waals surface area contributed by atoms with Gasteiger partial charge < -0.3 is 15.2 Å². The molecule has 1 aromatic rings. The van der Waals surface area contributed by atoms with Gasteiger partial charge in [-0.3, -0.25) is 0 Å². The zero-order chi connectivity index (χ0) is 18.3. The Kier molecular flexibility index (Phi) is 6.87. The Bertz CT molecular complexity index is 594. The van der Waals surface area contributed by atoms with Gasteiger partial charge in [0.1, 0.15) is 5.75 Å². The Morgan fingerprint density at radius 2 is 2.16 bits per heavy atom. The van der Waals surface area contributed by atoms with Crippen molar-refractivity contribution in [2.24, 2.45) is 11.3 Å². The molecular weight excluding hydrogens is 312 g/mol. The fraction of sp³-hybridized carbons (Fsp3) is 0.667. The number of ether oxygens (including phenoxy) is 1. The van der Waals surface area contributed by atoms with Gasteiger partial charge in [-0.25, -0.2) is 0 Å². The third kappa shape index (κ3) is 6.02. The quantitative estimate of drug-likeness (QED) is 0.699. The number of benzene rings is 1. The Balaban J connectivity index is 1.96. The third-order valence-electron chi connectivity index (χ3n) is 5.03. The maximum absolute atomic E-state index is 10.1. The summed E-state index contributed by atoms with van der Waals surface area (Å²) in [6.45, 7) is 8.33. The first kappa shape index (κ1) is 19.8. The number of aliphatic hydroxyl groups is 1. The van der Waals surface area contributed by atoms with E-state index in [9.17, 15) is 5.11 Å². The van der Waals surface area contributed by atoms with Crippen molar-refractivity contribution in [1.29, 1.82) is 5.26 Å². The predicted molar refractivity (Wildman–Crippen MR) is 100 cm³/mol. The highest BCUT2D eigenvalue weighted by Crippen LogP contribution is 2.43. The van der Waals surface area contributed by atoms with Crippen molar-refractivity contribution in [3.63, 3.8) is 0 Å². The topological polar surface area (TPSA) is 65.3 Å². The minimum atomic E-state index is -0.204. The van der Waals surface area contributed by atoms with Crippen molar-refractivity contribution in [3.05, 3.63) is 29.8 Å². The maximum Gasteiger partial charge on any atom is 0.119 e. The average Bonchev–Trinajstić information content (AvgIpc) is 2.56. The SMILES string of the molecule is C[C@H]1CC(C)(C)C[C@](CO)(NCc2cccc(OCCCC#N)c2)C1. The van der Waals surface area contributed by atoms with E-state index in [0.717, 1.165) is 37.1 Å². The first-order valence-corrected chi connectivity index (χ1v) is 9.33. The molecule has 1 saturated carbocycles. The molecule has 0 bridgehead atoms. The molecule has 1 fully saturated rings. The molecule has 2 atom stereocenters. The largest absolute Gasteiger partial charge is 0.494 e. The summed E-state index contributed by atoms with van der Waals surface area (Å²) in [6.07, 6.45) is 4.48. The third-order valence-corrected chi connectivity index (χ3v) is 5.03. The smallest absolute Gasteiger partial charge is 0.119 e. The van der Waals surface area contributed by atoms with Crippen molar-refractivity contribution in [2.75, 3.05) is 13.2 Å². The lowest BCUT2D eigenvalue weighted by Gasteiger charge is -2.47. The van der Waals surface area contributed by atoms with Gasteiger partial charge in [-0.2, -0.15) is 5.26 Å². The van der Waals surface area contributed by atoms with E-state index in [1.54, 1.807) is 0 Å². The molecule has 4 heteroatoms. The van der Waals surface area contributed by atoms with Crippen molar-refractivity contribution < 1.29 is 9.84 Å². The molecule has 138 valence electrons. The molecule has 0 aromatic heterocycles. The zero-order valence-corrected chi connectivity index (χ0v) is 15.8. The van der Waals surface area contributed by atoms with E-state index in [0.29, 0.717) is 18.9 Å². The van der Waals surface area contributed by atoms with E-state index in [1.165, 1.54) is 6.42 Å². The Morgan fingerprint density at radius 1 is 1.36 bits per heavy atom. The minimum absolute atomic E-state index is 0.172. The second kappa shape index (κ2) is 8.69. The zero-order valence-electron chi connectivity index (χ0n) is 15.8. The number of nitrogens with zero attached hydrogens (tertiary/aromatic N) is 1. The average molecular weight is 344 g/mol. The summed E-state index contributed by atoms with van der Waals surface area (Å²) >= 11 is 0. The molecule has 0 heterocycles. The summed E-state index contributed by atoms with van der Waals surface area (Å²) in [6, 6.07) is 10.2. The summed E-state index contributed by atoms with van der Waals surface area (Å²) < 4.78 is 5.71. The first-order valence-electron chi connectivity index (χ1n) is 9.33. The fourth-order valence-corrected chi connectivity index (χ4v) is 4.43. The van der Waals surface area contributed by atoms with E-state index >= 15 is 0 Å². The molecule has 0 aliphatic heterocycles. The monoisotopic (exact) mass is 344 g/mol. The predicted octanol–water partition coefficient (Wildman–Crippen LogP) is 4.04. The van der Waals surface area contributed by atoms with Crippen LogP contribution in [0.3, 0.4) is 0 Å². The highest BCUT2D eigenvalue weighted by molar-refractivity contribution is 5.28. The number of hydrogen-bond acceptors (Lipinski definition) is 4. The van der Waals surface area contributed by atoms with Gasteiger partial charge >= 0.3 is 0 Å². The van der Waals surface area contributed by atoms with Crippen LogP contribution in [0, 0.1) is 22.7 Å². The standard InChI is InChI=1S/C21H32N2O2/c1-17-12-20(2,3)15-21(13-17,16-24)23-14-18-7-6-8-19(11-18)25-10-5-4-9-22/h6-8,11,17,23-24H,4-5,10,12-16H2,1-3H3/t17-,21+/m0/s1. The number of aliphatic hydroxyl groups excluding tert-OH is 1. The summed E-state index contributed by atoms with van der Waals surface area (Å²) in [7, 11) is 0. The lowest BCUT2D eigenvalue weighted by molar-refractivity contribution is 0.0352. The minimum Gasteiger partial charge on any atom is -0.494 e. The molecule has 0 unspecified atom stereocenters. The molecule has 0 amide bonds. The van der Waals surface area contributed by atoms with E-state index in [2.05, 4.69) is 38.2 Å². The van der Waals surface area contributed by atoms with Gasteiger partial charge in [0, 0.05) is 18.5 Å². The second-order valence-corrected chi connectivity index (χ2v) is 8.40. The number of unbranched alkanes of at least 4 members (excludes halogenated alkanes) is 1. The lowest BCUT2D eigenvalue weighted by Crippen LogP contribution is -2.54. The fourth-order valence-electron chi connectivity index (χ4n) is 4.43. The van der Waals surface area contributed by atoms with E-state index in [-0.39, 0.29) is 17.6 Å². The van der Waals surface area contributed by atoms with Crippen LogP contribution in [0.1, 0.15) is 58.4 Å². The number of rotatable bonds is 8. The van der Waals surface area contributed by atoms with Crippen LogP contribution in [0.15, 0.2) is 24.3 Å². The van der Waals surface area contributed by atoms with Gasteiger partial charge in [0.25, 0.3) is 0 Å². The Hall–Kier alpha value is -1.57. The molecule has 25 heavy (non-hydrogen) atoms. The summed E-state index contributed by atoms with van der Waals surface area (Å²) in [5, 5.41) is 22.3. The van der Waals surface area contributed by atoms with Crippen LogP contribution < -0.4 is 10.1 Å². The van der Waals surface area contributed by atoms with Gasteiger partial charge in [0.05, 0.1) is 19.3 Å². The van der Waals surface area contributed by atoms with Crippen LogP contribution in [-0.4, -0.2) is 23.9 Å². The van der Waals surface area contributed by atoms with Crippen LogP contribution in [0.25, 0.3) is 0 Å². The normalized spacial score (nSPS) is 25.3. The Labute approximate surface area is 152 Å². The molecule has 2 N–H and O–H groups in total. The molecule has 0 radical (unpaired) electrons. The highest BCUT2D eigenvalue weighted by atomic mass is 16.5. The lowest BCUT2D eigenvalue weighted by atomic mass is 9.64. The van der Waals surface area contributed by atoms with Gasteiger partial charge in [-0.15, -0.1) is 0 Å². The molecule has 1 aliphatic carbocycles. The summed E-state index contributed by atoms with van der Waals surface area (Å²) in [5.74, 6) is 1.45. The molecular formula is C21H32N2O2. The van der Waals surface area contributed by atoms with Crippen LogP contribution in [0.2, 0.25) is 0 Å². The van der Waals surface area contributed by atoms with Crippen molar-refractivity contribution in [1.82, 2.24) is 5.32 Å². The Morgan fingerprint density at radius 3 is 2.84 bits per heavy atom. The van der Waals surface area contributed by atoms with Gasteiger partial charge in [-0.05, 0) is 54.7 Å². The van der Waals surface area contributed by atoms with Crippen LogP contribution >= 0.6 is 0 Å². The van der Waals surface area contributed by atoms with Crippen LogP contribution in [-0.2, 0) is 6.54 Å². The summed E-state index contributed by atoms with van der Waals surface area (Å²) in [4.78, 5) is 0. The first-order chi connectivity index (χ1) is 11.9. The molecule has 2 rings (SSSR count). The number of hydrogen-bond donors (Lipinski definition) is 2. The van der Waals surface area contributed by atoms with Gasteiger partial charge in [-0.1, -0.05) is 32.9 Å². The van der Waals surface area contributed by atoms with Gasteiger partial charge in [0.2, 0.25) is 0 Å². The van der Waals surface area contributed by atoms with Crippen molar-refractivity contribution >= 4 is 0 Å². The van der Waals surface area contributed by atoms with Gasteiger partial charge in [0.15, 0.2) is 0 Å². The molecule has 1 aromatic carbocycles. The van der Waals surface area contributed by atoms with Crippen molar-refractivity contribution in [3.8, 4) is 11.8 Å². The van der Waals surface area contributed by atoms with E-state index in [4.69, 9.17) is 10.00 Å². The molecule has 0 spiro atoms.